The standard InChI is InChI=1S/C26H23F2N5O4.ClH/c27-16-2-4-17(5-3-16)33(24(35)26(9-10-26)23(29)34)21-7-6-18(14-20(21)28)37-19-8-11-30-22(15-19)31-25(36)32-12-1-13-32;/h2-8,11,14-15H,1,9-10,12-13H2,(H2,29,34)(H,30,31,36);1H. The van der Waals surface area contributed by atoms with Crippen molar-refractivity contribution in [3.8, 4) is 11.5 Å². The lowest BCUT2D eigenvalue weighted by atomic mass is 10.0. The van der Waals surface area contributed by atoms with E-state index in [1.54, 1.807) is 11.0 Å². The van der Waals surface area contributed by atoms with E-state index < -0.39 is 28.9 Å². The number of nitrogens with two attached hydrogens (primary N) is 1. The number of carbonyl (C=O) groups is 3. The van der Waals surface area contributed by atoms with Crippen LogP contribution in [0.4, 0.5) is 30.8 Å². The summed E-state index contributed by atoms with van der Waals surface area (Å²) in [7, 11) is 0. The van der Waals surface area contributed by atoms with E-state index in [4.69, 9.17) is 10.5 Å². The molecule has 1 aliphatic heterocycles. The van der Waals surface area contributed by atoms with Crippen LogP contribution in [0.25, 0.3) is 0 Å². The van der Waals surface area contributed by atoms with Crippen LogP contribution in [0.2, 0.25) is 0 Å². The quantitative estimate of drug-likeness (QED) is 0.417. The summed E-state index contributed by atoms with van der Waals surface area (Å²) in [5.74, 6) is -2.12. The van der Waals surface area contributed by atoms with Gasteiger partial charge in [-0.3, -0.25) is 19.8 Å². The minimum atomic E-state index is -1.43. The van der Waals surface area contributed by atoms with Gasteiger partial charge in [0.25, 0.3) is 0 Å². The lowest BCUT2D eigenvalue weighted by Gasteiger charge is -2.30. The van der Waals surface area contributed by atoms with E-state index in [1.807, 2.05) is 0 Å². The number of primary amides is 1. The van der Waals surface area contributed by atoms with Crippen LogP contribution in [0.1, 0.15) is 19.3 Å². The van der Waals surface area contributed by atoms with Crippen LogP contribution < -0.4 is 20.7 Å². The highest BCUT2D eigenvalue weighted by Gasteiger charge is 2.57. The number of nitrogens with zero attached hydrogens (tertiary/aromatic N) is 3. The van der Waals surface area contributed by atoms with Crippen LogP contribution >= 0.6 is 12.4 Å². The number of urea groups is 1. The maximum absolute atomic E-state index is 15.4. The molecule has 2 fully saturated rings. The third-order valence-electron chi connectivity index (χ3n) is 6.42. The summed E-state index contributed by atoms with van der Waals surface area (Å²) >= 11 is 0. The van der Waals surface area contributed by atoms with Crippen molar-refractivity contribution in [2.45, 2.75) is 19.3 Å². The molecule has 1 aliphatic carbocycles. The Morgan fingerprint density at radius 2 is 1.68 bits per heavy atom. The van der Waals surface area contributed by atoms with Crippen molar-refractivity contribution in [1.29, 1.82) is 0 Å². The van der Waals surface area contributed by atoms with Gasteiger partial charge in [-0.25, -0.2) is 18.6 Å². The molecule has 1 aromatic heterocycles. The van der Waals surface area contributed by atoms with Crippen LogP contribution in [-0.2, 0) is 9.59 Å². The number of carbonyl (C=O) groups excluding carboxylic acids is 3. The average molecular weight is 544 g/mol. The lowest BCUT2D eigenvalue weighted by Crippen LogP contribution is -2.44. The van der Waals surface area contributed by atoms with Crippen LogP contribution in [0.3, 0.4) is 0 Å². The lowest BCUT2D eigenvalue weighted by molar-refractivity contribution is -0.133. The molecule has 2 aliphatic rings. The van der Waals surface area contributed by atoms with Gasteiger partial charge in [-0.2, -0.15) is 0 Å². The molecule has 0 spiro atoms. The minimum Gasteiger partial charge on any atom is -0.457 e. The van der Waals surface area contributed by atoms with E-state index in [0.29, 0.717) is 18.8 Å². The van der Waals surface area contributed by atoms with Crippen molar-refractivity contribution in [3.05, 3.63) is 72.4 Å². The minimum absolute atomic E-state index is 0. The van der Waals surface area contributed by atoms with Gasteiger partial charge in [-0.05, 0) is 61.7 Å². The fraction of sp³-hybridized carbons (Fsp3) is 0.231. The second kappa shape index (κ2) is 10.6. The molecule has 9 nitrogen and oxygen atoms in total. The van der Waals surface area contributed by atoms with Gasteiger partial charge in [0.2, 0.25) is 11.8 Å². The van der Waals surface area contributed by atoms with Crippen molar-refractivity contribution in [1.82, 2.24) is 9.88 Å². The van der Waals surface area contributed by atoms with Gasteiger partial charge < -0.3 is 15.4 Å². The highest BCUT2D eigenvalue weighted by atomic mass is 35.5. The fourth-order valence-corrected chi connectivity index (χ4v) is 3.98. The number of rotatable bonds is 7. The Balaban J connectivity index is 0.00000336. The van der Waals surface area contributed by atoms with E-state index in [0.717, 1.165) is 29.5 Å². The number of hydrogen-bond donors (Lipinski definition) is 2. The molecule has 2 heterocycles. The summed E-state index contributed by atoms with van der Waals surface area (Å²) < 4.78 is 34.7. The predicted molar refractivity (Wildman–Crippen MR) is 138 cm³/mol. The van der Waals surface area contributed by atoms with Crippen molar-refractivity contribution in [2.24, 2.45) is 11.1 Å². The second-order valence-corrected chi connectivity index (χ2v) is 8.93. The first-order chi connectivity index (χ1) is 17.8. The fourth-order valence-electron chi connectivity index (χ4n) is 3.98. The summed E-state index contributed by atoms with van der Waals surface area (Å²) in [6.07, 6.45) is 2.90. The molecule has 0 unspecified atom stereocenters. The number of benzene rings is 2. The molecule has 4 amide bonds. The van der Waals surface area contributed by atoms with Crippen molar-refractivity contribution >= 4 is 47.4 Å². The van der Waals surface area contributed by atoms with E-state index in [-0.39, 0.29) is 54.2 Å². The van der Waals surface area contributed by atoms with Gasteiger partial charge in [0.1, 0.15) is 28.5 Å². The van der Waals surface area contributed by atoms with Crippen LogP contribution in [-0.4, -0.2) is 40.8 Å². The number of anilines is 3. The average Bonchev–Trinajstić information content (AvgIpc) is 3.63. The van der Waals surface area contributed by atoms with Crippen LogP contribution in [0, 0.1) is 17.0 Å². The molecule has 3 aromatic rings. The molecule has 5 rings (SSSR count). The number of pyridine rings is 1. The van der Waals surface area contributed by atoms with E-state index in [1.165, 1.54) is 36.5 Å². The third-order valence-corrected chi connectivity index (χ3v) is 6.42. The van der Waals surface area contributed by atoms with Gasteiger partial charge in [0.15, 0.2) is 5.82 Å². The summed E-state index contributed by atoms with van der Waals surface area (Å²) in [6.45, 7) is 1.37. The number of hydrogen-bond acceptors (Lipinski definition) is 5. The molecule has 38 heavy (non-hydrogen) atoms. The number of likely N-dealkylation sites (tertiary alicyclic amines) is 1. The summed E-state index contributed by atoms with van der Waals surface area (Å²) in [6, 6.07) is 11.6. The molecule has 0 bridgehead atoms. The van der Waals surface area contributed by atoms with Gasteiger partial charge >= 0.3 is 6.03 Å². The molecule has 12 heteroatoms. The van der Waals surface area contributed by atoms with Crippen molar-refractivity contribution < 1.29 is 27.9 Å². The first-order valence-electron chi connectivity index (χ1n) is 11.7. The zero-order valence-electron chi connectivity index (χ0n) is 20.0. The maximum atomic E-state index is 15.4. The number of amides is 4. The molecule has 1 saturated heterocycles. The Hall–Kier alpha value is -4.25. The Kier molecular flexibility index (Phi) is 7.49. The zero-order chi connectivity index (χ0) is 26.2. The third kappa shape index (κ3) is 5.23. The maximum Gasteiger partial charge on any atom is 0.323 e. The Labute approximate surface area is 223 Å². The summed E-state index contributed by atoms with van der Waals surface area (Å²) in [4.78, 5) is 44.3. The van der Waals surface area contributed by atoms with Gasteiger partial charge in [0.05, 0.1) is 5.69 Å². The monoisotopic (exact) mass is 543 g/mol. The van der Waals surface area contributed by atoms with Gasteiger partial charge in [0, 0.05) is 37.1 Å². The van der Waals surface area contributed by atoms with Crippen molar-refractivity contribution in [2.75, 3.05) is 23.3 Å². The molecule has 0 radical (unpaired) electrons. The molecule has 198 valence electrons. The Bertz CT molecular complexity index is 1380. The smallest absolute Gasteiger partial charge is 0.323 e. The Morgan fingerprint density at radius 3 is 2.26 bits per heavy atom. The van der Waals surface area contributed by atoms with Gasteiger partial charge in [-0.15, -0.1) is 12.4 Å². The summed E-state index contributed by atoms with van der Waals surface area (Å²) in [5, 5.41) is 2.68. The highest BCUT2D eigenvalue weighted by Crippen LogP contribution is 2.49. The molecular weight excluding hydrogens is 520 g/mol. The first kappa shape index (κ1) is 26.8. The molecular formula is C26H24ClF2N5O4. The Morgan fingerprint density at radius 1 is 1.00 bits per heavy atom. The van der Waals surface area contributed by atoms with Crippen LogP contribution in [0.15, 0.2) is 60.8 Å². The first-order valence-corrected chi connectivity index (χ1v) is 11.7. The van der Waals surface area contributed by atoms with E-state index >= 15 is 4.39 Å². The molecule has 2 aromatic carbocycles. The molecule has 3 N–H and O–H groups in total. The van der Waals surface area contributed by atoms with E-state index in [2.05, 4.69) is 10.3 Å². The summed E-state index contributed by atoms with van der Waals surface area (Å²) in [5.41, 5.74) is 4.09. The number of aromatic nitrogens is 1. The number of halogens is 3. The molecule has 0 atom stereocenters. The molecule has 1 saturated carbocycles. The topological polar surface area (TPSA) is 118 Å². The normalized spacial score (nSPS) is 14.9. The SMILES string of the molecule is Cl.NC(=O)C1(C(=O)N(c2ccc(F)cc2)c2ccc(Oc3ccnc(NC(=O)N4CCC4)c3)cc2F)CC1. The number of ether oxygens (including phenoxy) is 1. The van der Waals surface area contributed by atoms with E-state index in [9.17, 15) is 18.8 Å². The zero-order valence-corrected chi connectivity index (χ0v) is 20.8. The second-order valence-electron chi connectivity index (χ2n) is 8.93. The number of nitrogens with one attached hydrogen (secondary N) is 1. The predicted octanol–water partition coefficient (Wildman–Crippen LogP) is 4.74. The van der Waals surface area contributed by atoms with Crippen LogP contribution in [0.5, 0.6) is 11.5 Å². The highest BCUT2D eigenvalue weighted by molar-refractivity contribution is 6.16. The van der Waals surface area contributed by atoms with Crippen molar-refractivity contribution in [3.63, 3.8) is 0 Å². The largest absolute Gasteiger partial charge is 0.457 e. The van der Waals surface area contributed by atoms with Gasteiger partial charge in [-0.1, -0.05) is 0 Å².